The predicted molar refractivity (Wildman–Crippen MR) is 28.3 cm³/mol. The minimum absolute atomic E-state index is 0. The van der Waals surface area contributed by atoms with Gasteiger partial charge in [-0.15, -0.1) is 0 Å². The van der Waals surface area contributed by atoms with Gasteiger partial charge in [0.1, 0.15) is 0 Å². The normalized spacial score (nSPS) is 5.25. The highest BCUT2D eigenvalue weighted by Gasteiger charge is 1.64. The van der Waals surface area contributed by atoms with E-state index in [0.29, 0.717) is 0 Å². The molecule has 0 aliphatic rings. The molecule has 0 saturated heterocycles. The van der Waals surface area contributed by atoms with Gasteiger partial charge < -0.3 is 9.44 Å². The Morgan fingerprint density at radius 1 is 1.12 bits per heavy atom. The van der Waals surface area contributed by atoms with Gasteiger partial charge in [-0.05, 0) is 13.8 Å². The first-order valence-electron chi connectivity index (χ1n) is 1.99. The standard InChI is InChI=1S/C4H10O.3FH/c1-3-5-4-2;;;/h3-4H2,1-2H3;3*1H. The Kier molecular flexibility index (Phi) is 92.6. The van der Waals surface area contributed by atoms with E-state index in [9.17, 15) is 0 Å². The van der Waals surface area contributed by atoms with E-state index in [-0.39, 0.29) is 15.5 Å². The van der Waals surface area contributed by atoms with Crippen molar-refractivity contribution in [3.05, 3.63) is 0 Å². The van der Waals surface area contributed by atoms with E-state index in [2.05, 4.69) is 0 Å². The SMILES string of the molecule is CCOCC.F.F.[F-].[H+]. The topological polar surface area (TPSA) is 9.23 Å². The molecule has 0 N–H and O–H groups in total. The molecule has 0 fully saturated rings. The minimum Gasteiger partial charge on any atom is -1.00 e. The molecule has 0 heterocycles. The number of hydrogen-bond donors (Lipinski definition) is 0. The number of rotatable bonds is 2. The summed E-state index contributed by atoms with van der Waals surface area (Å²) in [6.07, 6.45) is 0. The molecule has 0 rings (SSSR count). The molecule has 0 aromatic rings. The minimum atomic E-state index is 0. The van der Waals surface area contributed by atoms with Crippen LogP contribution >= 0.6 is 0 Å². The molecule has 0 unspecified atom stereocenters. The third-order valence-electron chi connectivity index (χ3n) is 0.408. The van der Waals surface area contributed by atoms with Crippen LogP contribution in [0.3, 0.4) is 0 Å². The van der Waals surface area contributed by atoms with E-state index in [1.54, 1.807) is 0 Å². The average Bonchev–Trinajstić information content (AvgIpc) is 1.41. The molecule has 0 aromatic heterocycles. The molecule has 0 atom stereocenters. The summed E-state index contributed by atoms with van der Waals surface area (Å²) >= 11 is 0. The number of hydrogen-bond acceptors (Lipinski definition) is 1. The van der Waals surface area contributed by atoms with Crippen molar-refractivity contribution in [3.8, 4) is 0 Å². The molecule has 0 aromatic carbocycles. The predicted octanol–water partition coefficient (Wildman–Crippen LogP) is -1.54. The van der Waals surface area contributed by atoms with E-state index in [1.165, 1.54) is 0 Å². The van der Waals surface area contributed by atoms with Gasteiger partial charge in [-0.25, -0.2) is 0 Å². The van der Waals surface area contributed by atoms with Gasteiger partial charge in [0.25, 0.3) is 0 Å². The quantitative estimate of drug-likeness (QED) is 0.445. The molecule has 1 nitrogen and oxygen atoms in total. The lowest BCUT2D eigenvalue weighted by atomic mass is 10.8. The van der Waals surface area contributed by atoms with Crippen molar-refractivity contribution < 1.29 is 20.3 Å². The fourth-order valence-electron chi connectivity index (χ4n) is 0.204. The van der Waals surface area contributed by atoms with Crippen molar-refractivity contribution in [2.45, 2.75) is 13.8 Å². The van der Waals surface area contributed by atoms with Crippen LogP contribution < -0.4 is 4.70 Å². The molecule has 8 heavy (non-hydrogen) atoms. The molecule has 0 aliphatic carbocycles. The summed E-state index contributed by atoms with van der Waals surface area (Å²) in [6.45, 7) is 5.67. The Bertz CT molecular complexity index is 23.3. The van der Waals surface area contributed by atoms with E-state index in [1.807, 2.05) is 13.8 Å². The Morgan fingerprint density at radius 3 is 1.38 bits per heavy atom. The Morgan fingerprint density at radius 2 is 1.38 bits per heavy atom. The van der Waals surface area contributed by atoms with Gasteiger partial charge in [-0.3, -0.25) is 9.41 Å². The van der Waals surface area contributed by atoms with Crippen LogP contribution in [-0.4, -0.2) is 13.2 Å². The highest BCUT2D eigenvalue weighted by molar-refractivity contribution is 4.07. The summed E-state index contributed by atoms with van der Waals surface area (Å²) in [5.74, 6) is 0. The van der Waals surface area contributed by atoms with Crippen molar-refractivity contribution in [3.63, 3.8) is 0 Å². The number of ether oxygens (including phenoxy) is 1. The first-order valence-corrected chi connectivity index (χ1v) is 1.99. The van der Waals surface area contributed by atoms with Gasteiger partial charge >= 0.3 is 1.43 Å². The van der Waals surface area contributed by atoms with E-state index in [0.717, 1.165) is 13.2 Å². The fourth-order valence-corrected chi connectivity index (χ4v) is 0.204. The average molecular weight is 134 g/mol. The maximum Gasteiger partial charge on any atom is 1.00 e. The molecule has 0 amide bonds. The lowest BCUT2D eigenvalue weighted by Crippen LogP contribution is -3.00. The van der Waals surface area contributed by atoms with Crippen LogP contribution in [0.2, 0.25) is 0 Å². The molecular formula is C4H13F3O. The second-order valence-corrected chi connectivity index (χ2v) is 0.781. The number of halogens is 3. The summed E-state index contributed by atoms with van der Waals surface area (Å²) in [6, 6.07) is 0. The van der Waals surface area contributed by atoms with Gasteiger partial charge in [0.2, 0.25) is 0 Å². The zero-order valence-electron chi connectivity index (χ0n) is 6.02. The second-order valence-electron chi connectivity index (χ2n) is 0.781. The molecule has 0 bridgehead atoms. The van der Waals surface area contributed by atoms with Gasteiger partial charge in [0.15, 0.2) is 0 Å². The first-order chi connectivity index (χ1) is 2.41. The monoisotopic (exact) mass is 134 g/mol. The van der Waals surface area contributed by atoms with Crippen LogP contribution in [0.1, 0.15) is 15.3 Å². The van der Waals surface area contributed by atoms with Crippen molar-refractivity contribution in [1.29, 1.82) is 0 Å². The third kappa shape index (κ3) is 42.4. The van der Waals surface area contributed by atoms with Crippen molar-refractivity contribution >= 4 is 0 Å². The zero-order chi connectivity index (χ0) is 4.12. The molecule has 0 radical (unpaired) electrons. The van der Waals surface area contributed by atoms with Crippen molar-refractivity contribution in [2.24, 2.45) is 0 Å². The summed E-state index contributed by atoms with van der Waals surface area (Å²) in [5.41, 5.74) is 0. The van der Waals surface area contributed by atoms with Crippen molar-refractivity contribution in [1.82, 2.24) is 0 Å². The molecular weight excluding hydrogens is 121 g/mol. The van der Waals surface area contributed by atoms with Crippen LogP contribution in [0.5, 0.6) is 0 Å². The van der Waals surface area contributed by atoms with Gasteiger partial charge in [0.05, 0.1) is 0 Å². The molecule has 0 saturated carbocycles. The van der Waals surface area contributed by atoms with E-state index < -0.39 is 0 Å². The highest BCUT2D eigenvalue weighted by atomic mass is 19.0. The summed E-state index contributed by atoms with van der Waals surface area (Å²) in [7, 11) is 0. The third-order valence-corrected chi connectivity index (χ3v) is 0.408. The van der Waals surface area contributed by atoms with Crippen LogP contribution in [0.4, 0.5) is 9.41 Å². The van der Waals surface area contributed by atoms with Crippen LogP contribution in [0, 0.1) is 0 Å². The van der Waals surface area contributed by atoms with Crippen molar-refractivity contribution in [2.75, 3.05) is 13.2 Å². The lowest BCUT2D eigenvalue weighted by Gasteiger charge is -1.86. The summed E-state index contributed by atoms with van der Waals surface area (Å²) < 4.78 is 4.83. The molecule has 0 spiro atoms. The maximum atomic E-state index is 4.83. The zero-order valence-corrected chi connectivity index (χ0v) is 5.02. The maximum absolute atomic E-state index is 4.83. The summed E-state index contributed by atoms with van der Waals surface area (Å²) in [5, 5.41) is 0. The van der Waals surface area contributed by atoms with E-state index >= 15 is 0 Å². The second kappa shape index (κ2) is 29.5. The smallest absolute Gasteiger partial charge is 1.00 e. The first kappa shape index (κ1) is 25.1. The van der Waals surface area contributed by atoms with Crippen LogP contribution in [-0.2, 0) is 4.74 Å². The van der Waals surface area contributed by atoms with Crippen LogP contribution in [0.25, 0.3) is 0 Å². The van der Waals surface area contributed by atoms with Gasteiger partial charge in [0, 0.05) is 13.2 Å². The van der Waals surface area contributed by atoms with E-state index in [4.69, 9.17) is 4.74 Å². The van der Waals surface area contributed by atoms with Gasteiger partial charge in [-0.2, -0.15) is 0 Å². The van der Waals surface area contributed by atoms with Crippen LogP contribution in [0.15, 0.2) is 0 Å². The molecule has 0 aliphatic heterocycles. The Labute approximate surface area is 48.6 Å². The highest BCUT2D eigenvalue weighted by Crippen LogP contribution is 1.64. The fraction of sp³-hybridized carbons (Fsp3) is 1.00. The summed E-state index contributed by atoms with van der Waals surface area (Å²) in [4.78, 5) is 0. The Balaban J connectivity index is -0.0000000133. The molecule has 56 valence electrons. The molecule has 4 heteroatoms. The largest absolute Gasteiger partial charge is 1.00 e. The van der Waals surface area contributed by atoms with Gasteiger partial charge in [-0.1, -0.05) is 0 Å². The lowest BCUT2D eigenvalue weighted by molar-refractivity contribution is -0.00000392. The Hall–Kier alpha value is -0.250.